The molecule has 96 valence electrons. The normalized spacial score (nSPS) is 17.0. The SMILES string of the molecule is CCn1cc(-c2nn(C(C)C3CC3)cc2N)cn1. The summed E-state index contributed by atoms with van der Waals surface area (Å²) < 4.78 is 3.89. The van der Waals surface area contributed by atoms with Crippen molar-refractivity contribution in [2.24, 2.45) is 5.92 Å². The van der Waals surface area contributed by atoms with Crippen LogP contribution in [0.3, 0.4) is 0 Å². The van der Waals surface area contributed by atoms with E-state index in [1.807, 2.05) is 28.0 Å². The van der Waals surface area contributed by atoms with E-state index in [2.05, 4.69) is 24.0 Å². The Morgan fingerprint density at radius 3 is 2.83 bits per heavy atom. The van der Waals surface area contributed by atoms with Crippen LogP contribution in [0.5, 0.6) is 0 Å². The topological polar surface area (TPSA) is 61.7 Å². The summed E-state index contributed by atoms with van der Waals surface area (Å²) in [6.45, 7) is 5.14. The maximum Gasteiger partial charge on any atom is 0.118 e. The molecule has 1 unspecified atom stereocenters. The van der Waals surface area contributed by atoms with Gasteiger partial charge in [0.05, 0.1) is 17.9 Å². The van der Waals surface area contributed by atoms with E-state index in [9.17, 15) is 0 Å². The van der Waals surface area contributed by atoms with E-state index in [-0.39, 0.29) is 0 Å². The zero-order valence-electron chi connectivity index (χ0n) is 10.9. The largest absolute Gasteiger partial charge is 0.396 e. The molecule has 1 aliphatic rings. The van der Waals surface area contributed by atoms with Gasteiger partial charge in [-0.2, -0.15) is 10.2 Å². The van der Waals surface area contributed by atoms with Gasteiger partial charge in [0.15, 0.2) is 0 Å². The number of anilines is 1. The lowest BCUT2D eigenvalue weighted by atomic mass is 10.2. The second-order valence-electron chi connectivity index (χ2n) is 5.08. The molecule has 0 saturated heterocycles. The van der Waals surface area contributed by atoms with Crippen LogP contribution in [0.4, 0.5) is 5.69 Å². The van der Waals surface area contributed by atoms with Gasteiger partial charge in [-0.1, -0.05) is 0 Å². The molecular formula is C13H19N5. The van der Waals surface area contributed by atoms with Gasteiger partial charge >= 0.3 is 0 Å². The summed E-state index contributed by atoms with van der Waals surface area (Å²) in [5.41, 5.74) is 8.64. The third kappa shape index (κ3) is 1.89. The van der Waals surface area contributed by atoms with E-state index >= 15 is 0 Å². The summed E-state index contributed by atoms with van der Waals surface area (Å²) >= 11 is 0. The highest BCUT2D eigenvalue weighted by molar-refractivity contribution is 5.70. The number of nitrogens with two attached hydrogens (primary N) is 1. The third-order valence-electron chi connectivity index (χ3n) is 3.71. The van der Waals surface area contributed by atoms with E-state index < -0.39 is 0 Å². The molecule has 5 heteroatoms. The minimum Gasteiger partial charge on any atom is -0.396 e. The number of hydrogen-bond acceptors (Lipinski definition) is 3. The predicted octanol–water partition coefficient (Wildman–Crippen LogP) is 2.32. The molecule has 2 heterocycles. The number of rotatable bonds is 4. The summed E-state index contributed by atoms with van der Waals surface area (Å²) in [5, 5.41) is 8.89. The van der Waals surface area contributed by atoms with E-state index in [1.165, 1.54) is 12.8 Å². The van der Waals surface area contributed by atoms with Crippen molar-refractivity contribution < 1.29 is 0 Å². The van der Waals surface area contributed by atoms with Crippen molar-refractivity contribution in [3.8, 4) is 11.3 Å². The van der Waals surface area contributed by atoms with Gasteiger partial charge in [0.1, 0.15) is 5.69 Å². The van der Waals surface area contributed by atoms with Gasteiger partial charge < -0.3 is 5.73 Å². The quantitative estimate of drug-likeness (QED) is 0.899. The Morgan fingerprint density at radius 2 is 2.22 bits per heavy atom. The van der Waals surface area contributed by atoms with Gasteiger partial charge in [-0.25, -0.2) is 0 Å². The van der Waals surface area contributed by atoms with E-state index in [4.69, 9.17) is 5.73 Å². The smallest absolute Gasteiger partial charge is 0.118 e. The van der Waals surface area contributed by atoms with Gasteiger partial charge in [-0.15, -0.1) is 0 Å². The van der Waals surface area contributed by atoms with Gasteiger partial charge in [0.2, 0.25) is 0 Å². The molecule has 3 rings (SSSR count). The fraction of sp³-hybridized carbons (Fsp3) is 0.538. The van der Waals surface area contributed by atoms with Crippen LogP contribution in [-0.2, 0) is 6.54 Å². The van der Waals surface area contributed by atoms with Crippen molar-refractivity contribution in [2.45, 2.75) is 39.3 Å². The maximum absolute atomic E-state index is 6.06. The highest BCUT2D eigenvalue weighted by atomic mass is 15.3. The molecule has 0 spiro atoms. The zero-order valence-corrected chi connectivity index (χ0v) is 10.9. The van der Waals surface area contributed by atoms with Crippen LogP contribution in [0.2, 0.25) is 0 Å². The highest BCUT2D eigenvalue weighted by Crippen LogP contribution is 2.40. The first-order valence-corrected chi connectivity index (χ1v) is 6.56. The lowest BCUT2D eigenvalue weighted by Gasteiger charge is -2.09. The van der Waals surface area contributed by atoms with Crippen molar-refractivity contribution in [2.75, 3.05) is 5.73 Å². The van der Waals surface area contributed by atoms with Gasteiger partial charge in [0.25, 0.3) is 0 Å². The van der Waals surface area contributed by atoms with Gasteiger partial charge in [-0.3, -0.25) is 9.36 Å². The first-order chi connectivity index (χ1) is 8.69. The van der Waals surface area contributed by atoms with Gasteiger partial charge in [-0.05, 0) is 32.6 Å². The summed E-state index contributed by atoms with van der Waals surface area (Å²) in [5.74, 6) is 0.774. The second-order valence-corrected chi connectivity index (χ2v) is 5.08. The lowest BCUT2D eigenvalue weighted by Crippen LogP contribution is -2.07. The molecule has 0 bridgehead atoms. The number of hydrogen-bond donors (Lipinski definition) is 1. The summed E-state index contributed by atoms with van der Waals surface area (Å²) in [7, 11) is 0. The summed E-state index contributed by atoms with van der Waals surface area (Å²) in [6.07, 6.45) is 8.38. The molecule has 1 atom stereocenters. The van der Waals surface area contributed by atoms with Crippen molar-refractivity contribution >= 4 is 5.69 Å². The van der Waals surface area contributed by atoms with Crippen LogP contribution in [-0.4, -0.2) is 19.6 Å². The molecule has 5 nitrogen and oxygen atoms in total. The Balaban J connectivity index is 1.91. The molecule has 0 radical (unpaired) electrons. The Labute approximate surface area is 107 Å². The average molecular weight is 245 g/mol. The van der Waals surface area contributed by atoms with Crippen LogP contribution < -0.4 is 5.73 Å². The van der Waals surface area contributed by atoms with Crippen LogP contribution in [0.15, 0.2) is 18.6 Å². The minimum absolute atomic E-state index is 0.447. The third-order valence-corrected chi connectivity index (χ3v) is 3.71. The van der Waals surface area contributed by atoms with Crippen molar-refractivity contribution in [1.82, 2.24) is 19.6 Å². The molecular weight excluding hydrogens is 226 g/mol. The molecule has 0 amide bonds. The van der Waals surface area contributed by atoms with E-state index in [0.29, 0.717) is 6.04 Å². The Hall–Kier alpha value is -1.78. The lowest BCUT2D eigenvalue weighted by molar-refractivity contribution is 0.441. The fourth-order valence-corrected chi connectivity index (χ4v) is 2.29. The van der Waals surface area contributed by atoms with Crippen LogP contribution >= 0.6 is 0 Å². The van der Waals surface area contributed by atoms with Crippen LogP contribution in [0, 0.1) is 5.92 Å². The number of nitrogens with zero attached hydrogens (tertiary/aromatic N) is 4. The molecule has 0 aromatic carbocycles. The molecule has 2 aromatic rings. The average Bonchev–Trinajstić information content (AvgIpc) is 2.98. The maximum atomic E-state index is 6.06. The van der Waals surface area contributed by atoms with Crippen molar-refractivity contribution in [3.05, 3.63) is 18.6 Å². The number of nitrogen functional groups attached to an aromatic ring is 1. The van der Waals surface area contributed by atoms with E-state index in [0.717, 1.165) is 29.4 Å². The Bertz CT molecular complexity index is 549. The Kier molecular flexibility index (Phi) is 2.61. The monoisotopic (exact) mass is 245 g/mol. The molecule has 0 aliphatic heterocycles. The zero-order chi connectivity index (χ0) is 12.7. The molecule has 18 heavy (non-hydrogen) atoms. The molecule has 1 fully saturated rings. The van der Waals surface area contributed by atoms with E-state index in [1.54, 1.807) is 0 Å². The number of aryl methyl sites for hydroxylation is 1. The standard InChI is InChI=1S/C13H19N5/c1-3-17-7-11(6-15-17)13-12(14)8-18(16-13)9(2)10-4-5-10/h6-10H,3-5,14H2,1-2H3. The van der Waals surface area contributed by atoms with Crippen LogP contribution in [0.25, 0.3) is 11.3 Å². The molecule has 1 aliphatic carbocycles. The highest BCUT2D eigenvalue weighted by Gasteiger charge is 2.30. The summed E-state index contributed by atoms with van der Waals surface area (Å²) in [6, 6.07) is 0.447. The minimum atomic E-state index is 0.447. The van der Waals surface area contributed by atoms with Gasteiger partial charge in [0, 0.05) is 24.5 Å². The first-order valence-electron chi connectivity index (χ1n) is 6.56. The first kappa shape index (κ1) is 11.3. The second kappa shape index (κ2) is 4.15. The fourth-order valence-electron chi connectivity index (χ4n) is 2.29. The number of aromatic nitrogens is 4. The van der Waals surface area contributed by atoms with Crippen molar-refractivity contribution in [3.63, 3.8) is 0 Å². The molecule has 2 N–H and O–H groups in total. The Morgan fingerprint density at radius 1 is 1.44 bits per heavy atom. The van der Waals surface area contributed by atoms with Crippen molar-refractivity contribution in [1.29, 1.82) is 0 Å². The molecule has 2 aromatic heterocycles. The van der Waals surface area contributed by atoms with Crippen LogP contribution in [0.1, 0.15) is 32.7 Å². The molecule has 1 saturated carbocycles. The summed E-state index contributed by atoms with van der Waals surface area (Å²) in [4.78, 5) is 0. The predicted molar refractivity (Wildman–Crippen MR) is 71.0 cm³/mol.